The Labute approximate surface area is 218 Å². The number of carbonyl (C=O) groups excluding carboxylic acids is 1. The van der Waals surface area contributed by atoms with Gasteiger partial charge in [0.2, 0.25) is 5.95 Å². The van der Waals surface area contributed by atoms with Crippen LogP contribution < -0.4 is 15.0 Å². The van der Waals surface area contributed by atoms with Crippen LogP contribution in [-0.4, -0.2) is 47.9 Å². The molecular formula is C26H20ClF5N4O2. The molecule has 1 aliphatic heterocycles. The Morgan fingerprint density at radius 1 is 1.03 bits per heavy atom. The number of hydrogen-bond donors (Lipinski definition) is 1. The monoisotopic (exact) mass is 550 g/mol. The zero-order chi connectivity index (χ0) is 27.0. The molecule has 1 aliphatic rings. The van der Waals surface area contributed by atoms with E-state index in [-0.39, 0.29) is 28.2 Å². The molecule has 0 radical (unpaired) electrons. The molecule has 4 aromatic rings. The Morgan fingerprint density at radius 2 is 1.76 bits per heavy atom. The van der Waals surface area contributed by atoms with E-state index in [1.165, 1.54) is 42.5 Å². The molecule has 1 N–H and O–H groups in total. The molecule has 38 heavy (non-hydrogen) atoms. The summed E-state index contributed by atoms with van der Waals surface area (Å²) in [4.78, 5) is 18.4. The Hall–Kier alpha value is -3.70. The van der Waals surface area contributed by atoms with Gasteiger partial charge in [0.05, 0.1) is 22.6 Å². The van der Waals surface area contributed by atoms with Crippen LogP contribution in [0.25, 0.3) is 22.2 Å². The van der Waals surface area contributed by atoms with Crippen LogP contribution in [0.5, 0.6) is 5.75 Å². The van der Waals surface area contributed by atoms with Crippen molar-refractivity contribution in [2.75, 3.05) is 31.1 Å². The van der Waals surface area contributed by atoms with Gasteiger partial charge in [0.15, 0.2) is 0 Å². The molecule has 3 aromatic carbocycles. The Morgan fingerprint density at radius 3 is 2.45 bits per heavy atom. The van der Waals surface area contributed by atoms with Gasteiger partial charge in [-0.2, -0.15) is 13.2 Å². The number of esters is 1. The van der Waals surface area contributed by atoms with Crippen LogP contribution in [0, 0.1) is 11.6 Å². The van der Waals surface area contributed by atoms with Crippen LogP contribution >= 0.6 is 11.6 Å². The van der Waals surface area contributed by atoms with Crippen molar-refractivity contribution < 1.29 is 31.5 Å². The Balaban J connectivity index is 1.74. The Kier molecular flexibility index (Phi) is 6.97. The number of anilines is 1. The van der Waals surface area contributed by atoms with Crippen molar-refractivity contribution in [1.29, 1.82) is 0 Å². The van der Waals surface area contributed by atoms with E-state index in [0.717, 1.165) is 6.07 Å². The number of imidazole rings is 1. The average Bonchev–Trinajstić information content (AvgIpc) is 3.25. The summed E-state index contributed by atoms with van der Waals surface area (Å²) in [6, 6.07) is 12.4. The fourth-order valence-electron chi connectivity index (χ4n) is 4.41. The first-order valence-electron chi connectivity index (χ1n) is 11.6. The lowest BCUT2D eigenvalue weighted by molar-refractivity contribution is -0.189. The van der Waals surface area contributed by atoms with Crippen LogP contribution in [0.2, 0.25) is 5.02 Å². The van der Waals surface area contributed by atoms with Crippen LogP contribution in [0.4, 0.5) is 27.9 Å². The molecule has 0 amide bonds. The summed E-state index contributed by atoms with van der Waals surface area (Å²) in [7, 11) is 0. The topological polar surface area (TPSA) is 59.4 Å². The normalized spacial score (nSPS) is 14.2. The molecule has 198 valence electrons. The number of nitrogens with one attached hydrogen (secondary N) is 1. The summed E-state index contributed by atoms with van der Waals surface area (Å²) in [5.41, 5.74) is 1.07. The smallest absolute Gasteiger partial charge is 0.419 e. The van der Waals surface area contributed by atoms with Gasteiger partial charge >= 0.3 is 12.1 Å². The number of piperazine rings is 1. The lowest BCUT2D eigenvalue weighted by atomic mass is 10.0. The van der Waals surface area contributed by atoms with E-state index in [1.807, 2.05) is 4.90 Å². The van der Waals surface area contributed by atoms with Crippen molar-refractivity contribution in [1.82, 2.24) is 14.9 Å². The summed E-state index contributed by atoms with van der Waals surface area (Å²) in [6.45, 7) is 2.69. The highest BCUT2D eigenvalue weighted by Crippen LogP contribution is 2.41. The van der Waals surface area contributed by atoms with E-state index in [2.05, 4.69) is 5.32 Å². The maximum atomic E-state index is 15.0. The van der Waals surface area contributed by atoms with E-state index < -0.39 is 29.5 Å². The quantitative estimate of drug-likeness (QED) is 0.200. The first-order valence-corrected chi connectivity index (χ1v) is 12.0. The number of carbonyl (C=O) groups is 1. The molecule has 12 heteroatoms. The van der Waals surface area contributed by atoms with Crippen molar-refractivity contribution in [2.45, 2.75) is 12.7 Å². The fraction of sp³-hybridized carbons (Fsp3) is 0.231. The van der Waals surface area contributed by atoms with E-state index >= 15 is 0 Å². The minimum Gasteiger partial charge on any atom is -0.419 e. The van der Waals surface area contributed by atoms with Gasteiger partial charge in [-0.3, -0.25) is 0 Å². The number of alkyl halides is 3. The molecule has 6 nitrogen and oxygen atoms in total. The second kappa shape index (κ2) is 10.2. The van der Waals surface area contributed by atoms with E-state index in [1.54, 1.807) is 10.6 Å². The predicted molar refractivity (Wildman–Crippen MR) is 132 cm³/mol. The van der Waals surface area contributed by atoms with E-state index in [9.17, 15) is 26.7 Å². The molecule has 0 spiro atoms. The van der Waals surface area contributed by atoms with Gasteiger partial charge in [-0.15, -0.1) is 0 Å². The van der Waals surface area contributed by atoms with Gasteiger partial charge in [-0.1, -0.05) is 35.9 Å². The minimum absolute atomic E-state index is 0.0657. The van der Waals surface area contributed by atoms with Crippen LogP contribution in [0.3, 0.4) is 0 Å². The summed E-state index contributed by atoms with van der Waals surface area (Å²) in [5, 5.41) is 3.17. The fourth-order valence-corrected chi connectivity index (χ4v) is 4.61. The number of ether oxygens (including phenoxy) is 1. The number of hydrogen-bond acceptors (Lipinski definition) is 5. The van der Waals surface area contributed by atoms with Crippen LogP contribution in [0.15, 0.2) is 54.6 Å². The molecule has 1 saturated heterocycles. The lowest BCUT2D eigenvalue weighted by Gasteiger charge is -2.29. The van der Waals surface area contributed by atoms with Gasteiger partial charge in [-0.05, 0) is 35.9 Å². The Bertz CT molecular complexity index is 1520. The minimum atomic E-state index is -5.26. The third-order valence-corrected chi connectivity index (χ3v) is 6.45. The summed E-state index contributed by atoms with van der Waals surface area (Å²) in [6.07, 6.45) is -5.26. The molecular weight excluding hydrogens is 531 g/mol. The number of rotatable bonds is 5. The number of nitrogens with zero attached hydrogens (tertiary/aromatic N) is 3. The molecule has 0 aliphatic carbocycles. The number of halogens is 6. The average molecular weight is 551 g/mol. The highest BCUT2D eigenvalue weighted by atomic mass is 35.5. The standard InChI is InChI=1S/C26H20ClF5N4O2/c27-17-13-15(5-6-19(17)29)14-36-20-7-8-21(38-24(37)26(30,31)32)22(16-3-1-2-4-18(16)28)23(20)34-25(36)35-11-9-33-10-12-35/h1-8,13,33H,9-12,14H2. The second-order valence-corrected chi connectivity index (χ2v) is 9.06. The number of aromatic nitrogens is 2. The third kappa shape index (κ3) is 5.03. The maximum absolute atomic E-state index is 15.0. The van der Waals surface area contributed by atoms with E-state index in [4.69, 9.17) is 21.3 Å². The predicted octanol–water partition coefficient (Wildman–Crippen LogP) is 5.56. The van der Waals surface area contributed by atoms with E-state index in [0.29, 0.717) is 43.2 Å². The van der Waals surface area contributed by atoms with Gasteiger partial charge in [0.1, 0.15) is 22.9 Å². The molecule has 0 saturated carbocycles. The van der Waals surface area contributed by atoms with Crippen molar-refractivity contribution in [3.8, 4) is 16.9 Å². The molecule has 1 aromatic heterocycles. The largest absolute Gasteiger partial charge is 0.491 e. The molecule has 1 fully saturated rings. The van der Waals surface area contributed by atoms with Gasteiger partial charge in [0, 0.05) is 31.7 Å². The lowest BCUT2D eigenvalue weighted by Crippen LogP contribution is -2.44. The summed E-state index contributed by atoms with van der Waals surface area (Å²) < 4.78 is 74.4. The molecule has 0 bridgehead atoms. The van der Waals surface area contributed by atoms with Crippen LogP contribution in [-0.2, 0) is 11.3 Å². The molecule has 0 atom stereocenters. The van der Waals surface area contributed by atoms with Crippen molar-refractivity contribution in [2.24, 2.45) is 0 Å². The van der Waals surface area contributed by atoms with Gasteiger partial charge in [0.25, 0.3) is 0 Å². The first kappa shape index (κ1) is 25.9. The zero-order valence-corrected chi connectivity index (χ0v) is 20.4. The highest BCUT2D eigenvalue weighted by Gasteiger charge is 2.42. The second-order valence-electron chi connectivity index (χ2n) is 8.66. The number of benzene rings is 3. The van der Waals surface area contributed by atoms with Crippen molar-refractivity contribution in [3.05, 3.63) is 76.8 Å². The summed E-state index contributed by atoms with van der Waals surface area (Å²) >= 11 is 5.99. The third-order valence-electron chi connectivity index (χ3n) is 6.16. The maximum Gasteiger partial charge on any atom is 0.491 e. The van der Waals surface area contributed by atoms with Crippen molar-refractivity contribution in [3.63, 3.8) is 0 Å². The SMILES string of the molecule is O=C(Oc1ccc2c(nc(N3CCNCC3)n2Cc2ccc(F)c(Cl)c2)c1-c1ccccc1F)C(F)(F)F. The van der Waals surface area contributed by atoms with Crippen LogP contribution in [0.1, 0.15) is 5.56 Å². The first-order chi connectivity index (χ1) is 18.1. The van der Waals surface area contributed by atoms with Gasteiger partial charge < -0.3 is 19.5 Å². The molecule has 0 unspecified atom stereocenters. The van der Waals surface area contributed by atoms with Crippen molar-refractivity contribution >= 4 is 34.6 Å². The highest BCUT2D eigenvalue weighted by molar-refractivity contribution is 6.30. The van der Waals surface area contributed by atoms with Gasteiger partial charge in [-0.25, -0.2) is 18.6 Å². The zero-order valence-electron chi connectivity index (χ0n) is 19.7. The summed E-state index contributed by atoms with van der Waals surface area (Å²) in [5.74, 6) is -3.75. The number of fused-ring (bicyclic) bond motifs is 1. The molecule has 5 rings (SSSR count). The molecule has 2 heterocycles.